The minimum Gasteiger partial charge on any atom is -0.478 e. The van der Waals surface area contributed by atoms with E-state index in [-0.39, 0.29) is 0 Å². The minimum atomic E-state index is -0.880. The van der Waals surface area contributed by atoms with Crippen LogP contribution in [0, 0.1) is 13.8 Å². The van der Waals surface area contributed by atoms with Crippen LogP contribution < -0.4 is 5.73 Å². The molecule has 0 atom stereocenters. The summed E-state index contributed by atoms with van der Waals surface area (Å²) in [6.07, 6.45) is 0. The number of aromatic carboxylic acids is 1. The molecule has 4 heteroatoms. The van der Waals surface area contributed by atoms with E-state index in [9.17, 15) is 4.79 Å². The Labute approximate surface area is 112 Å². The van der Waals surface area contributed by atoms with E-state index in [1.54, 1.807) is 6.07 Å². The van der Waals surface area contributed by atoms with Gasteiger partial charge in [0.15, 0.2) is 0 Å². The van der Waals surface area contributed by atoms with Crippen LogP contribution in [0.5, 0.6) is 0 Å². The minimum absolute atomic E-state index is 0.368. The third kappa shape index (κ3) is 2.69. The van der Waals surface area contributed by atoms with Gasteiger partial charge < -0.3 is 15.4 Å². The van der Waals surface area contributed by atoms with Crippen molar-refractivity contribution in [2.45, 2.75) is 26.9 Å². The smallest absolute Gasteiger partial charge is 0.337 e. The standard InChI is InChI=1S/C15H18N2O2/c1-10-6-14(15(18)19)11(2)17(10)9-13-5-3-4-12(7-13)8-16/h3-7H,8-9,16H2,1-2H3,(H,18,19). The Hall–Kier alpha value is -2.07. The van der Waals surface area contributed by atoms with Crippen molar-refractivity contribution < 1.29 is 9.90 Å². The second-order valence-electron chi connectivity index (χ2n) is 4.70. The third-order valence-electron chi connectivity index (χ3n) is 3.37. The van der Waals surface area contributed by atoms with Gasteiger partial charge in [0.2, 0.25) is 0 Å². The lowest BCUT2D eigenvalue weighted by molar-refractivity contribution is 0.0696. The van der Waals surface area contributed by atoms with Crippen molar-refractivity contribution in [3.05, 3.63) is 58.4 Å². The average molecular weight is 258 g/mol. The molecule has 0 fully saturated rings. The SMILES string of the molecule is Cc1cc(C(=O)O)c(C)n1Cc1cccc(CN)c1. The first-order valence-electron chi connectivity index (χ1n) is 6.21. The molecule has 0 radical (unpaired) electrons. The van der Waals surface area contributed by atoms with Crippen LogP contribution in [0.4, 0.5) is 0 Å². The molecule has 0 amide bonds. The lowest BCUT2D eigenvalue weighted by Gasteiger charge is -2.10. The molecule has 0 aliphatic heterocycles. The summed E-state index contributed by atoms with van der Waals surface area (Å²) >= 11 is 0. The molecule has 4 nitrogen and oxygen atoms in total. The van der Waals surface area contributed by atoms with Gasteiger partial charge in [0, 0.05) is 24.5 Å². The molecule has 100 valence electrons. The van der Waals surface area contributed by atoms with E-state index in [0.717, 1.165) is 22.5 Å². The summed E-state index contributed by atoms with van der Waals surface area (Å²) in [5.74, 6) is -0.880. The number of rotatable bonds is 4. The third-order valence-corrected chi connectivity index (χ3v) is 3.37. The van der Waals surface area contributed by atoms with Crippen molar-refractivity contribution >= 4 is 5.97 Å². The quantitative estimate of drug-likeness (QED) is 0.884. The zero-order valence-electron chi connectivity index (χ0n) is 11.2. The van der Waals surface area contributed by atoms with E-state index >= 15 is 0 Å². The monoisotopic (exact) mass is 258 g/mol. The first kappa shape index (κ1) is 13.4. The Morgan fingerprint density at radius 3 is 2.53 bits per heavy atom. The topological polar surface area (TPSA) is 68.2 Å². The van der Waals surface area contributed by atoms with E-state index < -0.39 is 5.97 Å². The van der Waals surface area contributed by atoms with Crippen molar-refractivity contribution in [3.63, 3.8) is 0 Å². The van der Waals surface area contributed by atoms with Gasteiger partial charge in [-0.1, -0.05) is 24.3 Å². The molecule has 2 rings (SSSR count). The van der Waals surface area contributed by atoms with Gasteiger partial charge in [-0.25, -0.2) is 4.79 Å². The fourth-order valence-corrected chi connectivity index (χ4v) is 2.30. The maximum atomic E-state index is 11.1. The van der Waals surface area contributed by atoms with Crippen molar-refractivity contribution in [2.75, 3.05) is 0 Å². The van der Waals surface area contributed by atoms with Gasteiger partial charge in [0.05, 0.1) is 5.56 Å². The van der Waals surface area contributed by atoms with Crippen LogP contribution in [0.25, 0.3) is 0 Å². The second-order valence-corrected chi connectivity index (χ2v) is 4.70. The number of carboxylic acids is 1. The summed E-state index contributed by atoms with van der Waals surface area (Å²) in [6, 6.07) is 9.76. The molecule has 0 unspecified atom stereocenters. The Kier molecular flexibility index (Phi) is 3.71. The molecule has 2 aromatic rings. The molecule has 0 spiro atoms. The fraction of sp³-hybridized carbons (Fsp3) is 0.267. The van der Waals surface area contributed by atoms with E-state index in [0.29, 0.717) is 18.7 Å². The van der Waals surface area contributed by atoms with Crippen molar-refractivity contribution in [1.82, 2.24) is 4.57 Å². The van der Waals surface area contributed by atoms with Gasteiger partial charge in [-0.15, -0.1) is 0 Å². The number of aromatic nitrogens is 1. The molecule has 0 saturated heterocycles. The van der Waals surface area contributed by atoms with Crippen molar-refractivity contribution in [2.24, 2.45) is 5.73 Å². The van der Waals surface area contributed by atoms with Gasteiger partial charge in [-0.05, 0) is 31.0 Å². The van der Waals surface area contributed by atoms with Crippen molar-refractivity contribution in [3.8, 4) is 0 Å². The predicted octanol–water partition coefficient (Wildman–Crippen LogP) is 2.31. The summed E-state index contributed by atoms with van der Waals surface area (Å²) in [5.41, 5.74) is 9.94. The average Bonchev–Trinajstić information content (AvgIpc) is 2.67. The summed E-state index contributed by atoms with van der Waals surface area (Å²) in [5, 5.41) is 9.12. The van der Waals surface area contributed by atoms with Gasteiger partial charge in [0.1, 0.15) is 0 Å². The highest BCUT2D eigenvalue weighted by Gasteiger charge is 2.14. The highest BCUT2D eigenvalue weighted by Crippen LogP contribution is 2.17. The van der Waals surface area contributed by atoms with E-state index in [4.69, 9.17) is 10.8 Å². The van der Waals surface area contributed by atoms with Gasteiger partial charge in [-0.3, -0.25) is 0 Å². The van der Waals surface area contributed by atoms with Crippen LogP contribution in [0.3, 0.4) is 0 Å². The number of nitrogens with zero attached hydrogens (tertiary/aromatic N) is 1. The number of benzene rings is 1. The molecule has 0 saturated carbocycles. The normalized spacial score (nSPS) is 10.7. The number of nitrogens with two attached hydrogens (primary N) is 1. The van der Waals surface area contributed by atoms with Crippen LogP contribution in [0.2, 0.25) is 0 Å². The molecular weight excluding hydrogens is 240 g/mol. The molecule has 3 N–H and O–H groups in total. The zero-order valence-corrected chi connectivity index (χ0v) is 11.2. The number of hydrogen-bond donors (Lipinski definition) is 2. The maximum absolute atomic E-state index is 11.1. The van der Waals surface area contributed by atoms with Gasteiger partial charge in [0.25, 0.3) is 0 Å². The Morgan fingerprint density at radius 2 is 1.95 bits per heavy atom. The second kappa shape index (κ2) is 5.28. The number of hydrogen-bond acceptors (Lipinski definition) is 2. The Bertz CT molecular complexity index is 615. The molecule has 1 aromatic heterocycles. The van der Waals surface area contributed by atoms with Crippen LogP contribution in [-0.4, -0.2) is 15.6 Å². The summed E-state index contributed by atoms with van der Waals surface area (Å²) in [7, 11) is 0. The lowest BCUT2D eigenvalue weighted by Crippen LogP contribution is -2.06. The van der Waals surface area contributed by atoms with E-state index in [1.165, 1.54) is 0 Å². The lowest BCUT2D eigenvalue weighted by atomic mass is 10.1. The molecule has 0 bridgehead atoms. The van der Waals surface area contributed by atoms with Crippen LogP contribution in [0.15, 0.2) is 30.3 Å². The molecule has 19 heavy (non-hydrogen) atoms. The number of carbonyl (C=O) groups is 1. The number of carboxylic acid groups (broad SMARTS) is 1. The molecule has 1 aromatic carbocycles. The number of aryl methyl sites for hydroxylation is 1. The highest BCUT2D eigenvalue weighted by atomic mass is 16.4. The predicted molar refractivity (Wildman–Crippen MR) is 74.3 cm³/mol. The first-order valence-corrected chi connectivity index (χ1v) is 6.21. The Balaban J connectivity index is 2.35. The van der Waals surface area contributed by atoms with Crippen molar-refractivity contribution in [1.29, 1.82) is 0 Å². The molecule has 0 aliphatic rings. The summed E-state index contributed by atoms with van der Waals surface area (Å²) in [6.45, 7) is 4.94. The molecule has 0 aliphatic carbocycles. The fourth-order valence-electron chi connectivity index (χ4n) is 2.30. The zero-order chi connectivity index (χ0) is 14.0. The van der Waals surface area contributed by atoms with Gasteiger partial charge >= 0.3 is 5.97 Å². The van der Waals surface area contributed by atoms with E-state index in [1.807, 2.05) is 36.6 Å². The van der Waals surface area contributed by atoms with E-state index in [2.05, 4.69) is 6.07 Å². The summed E-state index contributed by atoms with van der Waals surface area (Å²) in [4.78, 5) is 11.1. The molecular formula is C15H18N2O2. The highest BCUT2D eigenvalue weighted by molar-refractivity contribution is 5.89. The van der Waals surface area contributed by atoms with Gasteiger partial charge in [-0.2, -0.15) is 0 Å². The van der Waals surface area contributed by atoms with Crippen LogP contribution >= 0.6 is 0 Å². The molecule has 1 heterocycles. The largest absolute Gasteiger partial charge is 0.478 e. The maximum Gasteiger partial charge on any atom is 0.337 e. The van der Waals surface area contributed by atoms with Crippen LogP contribution in [-0.2, 0) is 13.1 Å². The van der Waals surface area contributed by atoms with Crippen LogP contribution in [0.1, 0.15) is 32.9 Å². The Morgan fingerprint density at radius 1 is 1.26 bits per heavy atom. The first-order chi connectivity index (χ1) is 9.02. The summed E-state index contributed by atoms with van der Waals surface area (Å²) < 4.78 is 2.01.